The van der Waals surface area contributed by atoms with Crippen molar-refractivity contribution in [1.82, 2.24) is 10.3 Å². The van der Waals surface area contributed by atoms with Crippen LogP contribution in [0.1, 0.15) is 17.9 Å². The van der Waals surface area contributed by atoms with Crippen LogP contribution in [0.25, 0.3) is 0 Å². The summed E-state index contributed by atoms with van der Waals surface area (Å²) in [5, 5.41) is 3.34. The van der Waals surface area contributed by atoms with Gasteiger partial charge in [0, 0.05) is 24.2 Å². The fourth-order valence-corrected chi connectivity index (χ4v) is 2.24. The minimum absolute atomic E-state index is 0.318. The predicted molar refractivity (Wildman–Crippen MR) is 48.9 cm³/mol. The largest absolute Gasteiger partial charge is 0.472 e. The molecule has 2 aliphatic heterocycles. The van der Waals surface area contributed by atoms with Crippen molar-refractivity contribution in [1.29, 1.82) is 0 Å². The minimum atomic E-state index is 0.318. The van der Waals surface area contributed by atoms with E-state index in [2.05, 4.69) is 16.4 Å². The van der Waals surface area contributed by atoms with Crippen LogP contribution in [-0.4, -0.2) is 24.2 Å². The smallest absolute Gasteiger partial charge is 0.217 e. The molecule has 0 unspecified atom stereocenters. The Morgan fingerprint density at radius 1 is 1.54 bits per heavy atom. The number of rotatable bonds is 0. The van der Waals surface area contributed by atoms with Gasteiger partial charge in [-0.2, -0.15) is 0 Å². The topological polar surface area (TPSA) is 34.2 Å². The van der Waals surface area contributed by atoms with Crippen LogP contribution >= 0.6 is 0 Å². The average Bonchev–Trinajstić information content (AvgIpc) is 2.56. The molecule has 3 nitrogen and oxygen atoms in total. The number of nitrogens with zero attached hydrogens (tertiary/aromatic N) is 1. The zero-order chi connectivity index (χ0) is 8.67. The van der Waals surface area contributed by atoms with E-state index < -0.39 is 0 Å². The van der Waals surface area contributed by atoms with E-state index >= 15 is 0 Å². The third-order valence-corrected chi connectivity index (χ3v) is 2.89. The molecule has 1 fully saturated rings. The van der Waals surface area contributed by atoms with Crippen LogP contribution in [0, 0.1) is 0 Å². The minimum Gasteiger partial charge on any atom is -0.472 e. The second-order valence-corrected chi connectivity index (χ2v) is 3.65. The van der Waals surface area contributed by atoms with Crippen molar-refractivity contribution in [3.63, 3.8) is 0 Å². The first-order valence-corrected chi connectivity index (χ1v) is 4.77. The predicted octanol–water partition coefficient (Wildman–Crippen LogP) is 0.919. The van der Waals surface area contributed by atoms with Crippen molar-refractivity contribution >= 4 is 0 Å². The third kappa shape index (κ3) is 1.04. The van der Waals surface area contributed by atoms with E-state index in [1.54, 1.807) is 6.20 Å². The van der Waals surface area contributed by atoms with Gasteiger partial charge in [-0.3, -0.25) is 0 Å². The zero-order valence-corrected chi connectivity index (χ0v) is 7.36. The molecule has 1 aromatic rings. The number of ether oxygens (including phenoxy) is 1. The van der Waals surface area contributed by atoms with Gasteiger partial charge in [-0.05, 0) is 19.0 Å². The van der Waals surface area contributed by atoms with Crippen LogP contribution in [0.2, 0.25) is 0 Å². The summed E-state index contributed by atoms with van der Waals surface area (Å²) in [6, 6.07) is 4.13. The molecular formula is C10H12N2O. The van der Waals surface area contributed by atoms with E-state index in [4.69, 9.17) is 4.74 Å². The summed E-state index contributed by atoms with van der Waals surface area (Å²) in [4.78, 5) is 4.23. The van der Waals surface area contributed by atoms with E-state index in [1.165, 1.54) is 12.0 Å². The molecule has 0 radical (unpaired) electrons. The zero-order valence-electron chi connectivity index (χ0n) is 7.36. The molecule has 2 aliphatic rings. The Bertz CT molecular complexity index is 326. The van der Waals surface area contributed by atoms with Crippen LogP contribution in [0.3, 0.4) is 0 Å². The molecule has 0 amide bonds. The SMILES string of the molecule is c1cnc2c(c1)[C@@H]1CCNC[C@@H]1O2. The number of piperidine rings is 1. The fraction of sp³-hybridized carbons (Fsp3) is 0.500. The van der Waals surface area contributed by atoms with Crippen molar-refractivity contribution in [3.8, 4) is 5.88 Å². The summed E-state index contributed by atoms with van der Waals surface area (Å²) < 4.78 is 5.74. The summed E-state index contributed by atoms with van der Waals surface area (Å²) in [6.07, 6.45) is 3.28. The highest BCUT2D eigenvalue weighted by Crippen LogP contribution is 2.39. The lowest BCUT2D eigenvalue weighted by molar-refractivity contribution is 0.172. The van der Waals surface area contributed by atoms with Crippen LogP contribution in [0.15, 0.2) is 18.3 Å². The van der Waals surface area contributed by atoms with Gasteiger partial charge in [-0.25, -0.2) is 4.98 Å². The number of nitrogens with one attached hydrogen (secondary N) is 1. The fourth-order valence-electron chi connectivity index (χ4n) is 2.24. The molecule has 0 saturated carbocycles. The molecule has 3 heteroatoms. The molecule has 0 bridgehead atoms. The van der Waals surface area contributed by atoms with Gasteiger partial charge in [-0.1, -0.05) is 6.07 Å². The second-order valence-electron chi connectivity index (χ2n) is 3.65. The number of pyridine rings is 1. The van der Waals surface area contributed by atoms with Crippen molar-refractivity contribution in [2.45, 2.75) is 18.4 Å². The summed E-state index contributed by atoms with van der Waals surface area (Å²) in [5.74, 6) is 1.42. The maximum atomic E-state index is 5.74. The number of fused-ring (bicyclic) bond motifs is 3. The number of hydrogen-bond acceptors (Lipinski definition) is 3. The molecule has 1 aromatic heterocycles. The van der Waals surface area contributed by atoms with Gasteiger partial charge >= 0.3 is 0 Å². The average molecular weight is 176 g/mol. The molecule has 3 rings (SSSR count). The van der Waals surface area contributed by atoms with Crippen LogP contribution < -0.4 is 10.1 Å². The van der Waals surface area contributed by atoms with E-state index in [-0.39, 0.29) is 0 Å². The first kappa shape index (κ1) is 7.33. The maximum Gasteiger partial charge on any atom is 0.217 e. The summed E-state index contributed by atoms with van der Waals surface area (Å²) in [7, 11) is 0. The van der Waals surface area contributed by atoms with Gasteiger partial charge in [0.25, 0.3) is 0 Å². The highest BCUT2D eigenvalue weighted by Gasteiger charge is 2.36. The monoisotopic (exact) mass is 176 g/mol. The lowest BCUT2D eigenvalue weighted by Crippen LogP contribution is -2.39. The first-order chi connectivity index (χ1) is 6.45. The number of hydrogen-bond donors (Lipinski definition) is 1. The van der Waals surface area contributed by atoms with Crippen LogP contribution in [0.5, 0.6) is 5.88 Å². The molecule has 68 valence electrons. The normalized spacial score (nSPS) is 30.5. The second kappa shape index (κ2) is 2.70. The van der Waals surface area contributed by atoms with Gasteiger partial charge in [0.15, 0.2) is 0 Å². The van der Waals surface area contributed by atoms with Crippen molar-refractivity contribution in [2.24, 2.45) is 0 Å². The first-order valence-electron chi connectivity index (χ1n) is 4.77. The Kier molecular flexibility index (Phi) is 1.52. The van der Waals surface area contributed by atoms with Crippen LogP contribution in [0.4, 0.5) is 0 Å². The van der Waals surface area contributed by atoms with Gasteiger partial charge in [0.05, 0.1) is 0 Å². The molecule has 1 saturated heterocycles. The Labute approximate surface area is 77.1 Å². The van der Waals surface area contributed by atoms with E-state index in [0.29, 0.717) is 12.0 Å². The summed E-state index contributed by atoms with van der Waals surface area (Å²) >= 11 is 0. The van der Waals surface area contributed by atoms with Crippen molar-refractivity contribution in [3.05, 3.63) is 23.9 Å². The molecule has 2 atom stereocenters. The highest BCUT2D eigenvalue weighted by atomic mass is 16.5. The molecule has 0 spiro atoms. The molecule has 0 aliphatic carbocycles. The lowest BCUT2D eigenvalue weighted by atomic mass is 9.91. The quantitative estimate of drug-likeness (QED) is 0.638. The van der Waals surface area contributed by atoms with E-state index in [9.17, 15) is 0 Å². The Morgan fingerprint density at radius 2 is 2.54 bits per heavy atom. The van der Waals surface area contributed by atoms with E-state index in [0.717, 1.165) is 19.0 Å². The molecule has 13 heavy (non-hydrogen) atoms. The Balaban J connectivity index is 2.01. The Morgan fingerprint density at radius 3 is 3.54 bits per heavy atom. The molecule has 1 N–H and O–H groups in total. The van der Waals surface area contributed by atoms with Gasteiger partial charge in [0.2, 0.25) is 5.88 Å². The van der Waals surface area contributed by atoms with Gasteiger partial charge in [0.1, 0.15) is 6.10 Å². The Hall–Kier alpha value is -1.09. The van der Waals surface area contributed by atoms with Crippen molar-refractivity contribution in [2.75, 3.05) is 13.1 Å². The molecule has 0 aromatic carbocycles. The van der Waals surface area contributed by atoms with E-state index in [1.807, 2.05) is 6.07 Å². The highest BCUT2D eigenvalue weighted by molar-refractivity contribution is 5.35. The lowest BCUT2D eigenvalue weighted by Gasteiger charge is -2.24. The van der Waals surface area contributed by atoms with Crippen LogP contribution in [-0.2, 0) is 0 Å². The van der Waals surface area contributed by atoms with Crippen molar-refractivity contribution < 1.29 is 4.74 Å². The molecule has 3 heterocycles. The summed E-state index contributed by atoms with van der Waals surface area (Å²) in [6.45, 7) is 2.06. The maximum absolute atomic E-state index is 5.74. The number of aromatic nitrogens is 1. The summed E-state index contributed by atoms with van der Waals surface area (Å²) in [5.41, 5.74) is 1.30. The third-order valence-electron chi connectivity index (χ3n) is 2.89. The van der Waals surface area contributed by atoms with Gasteiger partial charge in [-0.15, -0.1) is 0 Å². The van der Waals surface area contributed by atoms with Gasteiger partial charge < -0.3 is 10.1 Å². The molecular weight excluding hydrogens is 164 g/mol. The standard InChI is InChI=1S/C10H12N2O/c1-2-8-7-3-5-11-6-9(7)13-10(8)12-4-1/h1-2,4,7,9,11H,3,5-6H2/t7-,9-/m0/s1.